The number of nitrogens with zero attached hydrogens (tertiary/aromatic N) is 1. The molecule has 27 heavy (non-hydrogen) atoms. The highest BCUT2D eigenvalue weighted by Gasteiger charge is 2.07. The maximum Gasteiger partial charge on any atom is 0.248 e. The average Bonchev–Trinajstić information content (AvgIpc) is 2.64. The molecule has 2 aromatic rings. The Morgan fingerprint density at radius 2 is 1.85 bits per heavy atom. The number of nitrogens with one attached hydrogen (secondary N) is 2. The molecule has 0 fully saturated rings. The third-order valence-corrected chi connectivity index (χ3v) is 4.19. The molecule has 6 heteroatoms. The number of hydrogen-bond acceptors (Lipinski definition) is 2. The Morgan fingerprint density at radius 1 is 1.15 bits per heavy atom. The fraction of sp³-hybridized carbons (Fsp3) is 0.333. The Balaban J connectivity index is 0.00000364. The average molecular weight is 480 g/mol. The zero-order chi connectivity index (χ0) is 18.9. The number of aliphatic imine (C=N–C) groups is 1. The molecule has 0 radical (unpaired) electrons. The Kier molecular flexibility index (Phi) is 9.85. The monoisotopic (exact) mass is 480 g/mol. The SMILES string of the molecule is CCNC(=NCc1ccc(C(N)=O)cc1)NCC(C)c1cccc(C)c1.I. The topological polar surface area (TPSA) is 79.5 Å². The van der Waals surface area contributed by atoms with Crippen LogP contribution < -0.4 is 16.4 Å². The molecule has 0 saturated heterocycles. The van der Waals surface area contributed by atoms with E-state index in [0.29, 0.717) is 18.0 Å². The molecule has 0 aromatic heterocycles. The van der Waals surface area contributed by atoms with Gasteiger partial charge in [0.05, 0.1) is 6.54 Å². The lowest BCUT2D eigenvalue weighted by Crippen LogP contribution is -2.39. The van der Waals surface area contributed by atoms with E-state index < -0.39 is 5.91 Å². The summed E-state index contributed by atoms with van der Waals surface area (Å²) >= 11 is 0. The molecule has 5 nitrogen and oxygen atoms in total. The zero-order valence-electron chi connectivity index (χ0n) is 16.2. The first-order valence-electron chi connectivity index (χ1n) is 8.97. The van der Waals surface area contributed by atoms with Crippen LogP contribution in [-0.4, -0.2) is 25.0 Å². The van der Waals surface area contributed by atoms with Gasteiger partial charge in [-0.25, -0.2) is 4.99 Å². The van der Waals surface area contributed by atoms with Crippen molar-refractivity contribution in [3.63, 3.8) is 0 Å². The number of carbonyl (C=O) groups is 1. The van der Waals surface area contributed by atoms with Gasteiger partial charge < -0.3 is 16.4 Å². The van der Waals surface area contributed by atoms with E-state index in [1.54, 1.807) is 12.1 Å². The van der Waals surface area contributed by atoms with Gasteiger partial charge in [-0.3, -0.25) is 4.79 Å². The first-order chi connectivity index (χ1) is 12.5. The van der Waals surface area contributed by atoms with E-state index >= 15 is 0 Å². The fourth-order valence-electron chi connectivity index (χ4n) is 2.63. The van der Waals surface area contributed by atoms with Crippen molar-refractivity contribution < 1.29 is 4.79 Å². The number of benzene rings is 2. The zero-order valence-corrected chi connectivity index (χ0v) is 18.5. The van der Waals surface area contributed by atoms with Crippen LogP contribution in [0.4, 0.5) is 0 Å². The first kappa shape index (κ1) is 23.0. The largest absolute Gasteiger partial charge is 0.366 e. The van der Waals surface area contributed by atoms with Crippen molar-refractivity contribution >= 4 is 35.8 Å². The molecule has 0 aliphatic carbocycles. The summed E-state index contributed by atoms with van der Waals surface area (Å²) in [5.74, 6) is 0.750. The van der Waals surface area contributed by atoms with Crippen molar-refractivity contribution in [1.29, 1.82) is 0 Å². The third-order valence-electron chi connectivity index (χ3n) is 4.19. The van der Waals surface area contributed by atoms with Crippen molar-refractivity contribution in [3.8, 4) is 0 Å². The second-order valence-corrected chi connectivity index (χ2v) is 6.45. The summed E-state index contributed by atoms with van der Waals surface area (Å²) in [5.41, 5.74) is 9.39. The van der Waals surface area contributed by atoms with Crippen LogP contribution in [0.3, 0.4) is 0 Å². The maximum atomic E-state index is 11.1. The highest BCUT2D eigenvalue weighted by atomic mass is 127. The van der Waals surface area contributed by atoms with E-state index in [-0.39, 0.29) is 24.0 Å². The van der Waals surface area contributed by atoms with E-state index in [1.165, 1.54) is 11.1 Å². The van der Waals surface area contributed by atoms with E-state index in [0.717, 1.165) is 24.6 Å². The Labute approximate surface area is 178 Å². The van der Waals surface area contributed by atoms with Crippen LogP contribution in [0.5, 0.6) is 0 Å². The molecule has 146 valence electrons. The van der Waals surface area contributed by atoms with Gasteiger partial charge >= 0.3 is 0 Å². The number of halogens is 1. The second kappa shape index (κ2) is 11.6. The Bertz CT molecular complexity index is 759. The number of nitrogens with two attached hydrogens (primary N) is 1. The number of rotatable bonds is 7. The van der Waals surface area contributed by atoms with Crippen LogP contribution in [0.1, 0.15) is 46.8 Å². The van der Waals surface area contributed by atoms with Crippen LogP contribution >= 0.6 is 24.0 Å². The lowest BCUT2D eigenvalue weighted by atomic mass is 9.99. The summed E-state index contributed by atoms with van der Waals surface area (Å²) in [6.07, 6.45) is 0. The van der Waals surface area contributed by atoms with Gasteiger partial charge in [-0.05, 0) is 43.0 Å². The number of primary amides is 1. The second-order valence-electron chi connectivity index (χ2n) is 6.45. The molecule has 2 aromatic carbocycles. The van der Waals surface area contributed by atoms with Gasteiger partial charge in [0.1, 0.15) is 0 Å². The van der Waals surface area contributed by atoms with Gasteiger partial charge in [0.15, 0.2) is 5.96 Å². The summed E-state index contributed by atoms with van der Waals surface area (Å²) < 4.78 is 0. The van der Waals surface area contributed by atoms with Gasteiger partial charge in [0, 0.05) is 18.7 Å². The Morgan fingerprint density at radius 3 is 2.44 bits per heavy atom. The molecule has 1 unspecified atom stereocenters. The number of carbonyl (C=O) groups excluding carboxylic acids is 1. The van der Waals surface area contributed by atoms with Crippen LogP contribution in [0.15, 0.2) is 53.5 Å². The smallest absolute Gasteiger partial charge is 0.248 e. The highest BCUT2D eigenvalue weighted by molar-refractivity contribution is 14.0. The summed E-state index contributed by atoms with van der Waals surface area (Å²) in [7, 11) is 0. The summed E-state index contributed by atoms with van der Waals surface area (Å²) in [4.78, 5) is 15.7. The molecule has 0 saturated carbocycles. The van der Waals surface area contributed by atoms with Gasteiger partial charge in [-0.1, -0.05) is 48.9 Å². The van der Waals surface area contributed by atoms with Crippen LogP contribution in [0.2, 0.25) is 0 Å². The van der Waals surface area contributed by atoms with Gasteiger partial charge in [-0.15, -0.1) is 24.0 Å². The summed E-state index contributed by atoms with van der Waals surface area (Å²) in [5, 5.41) is 6.67. The van der Waals surface area contributed by atoms with Gasteiger partial charge in [-0.2, -0.15) is 0 Å². The Hall–Kier alpha value is -2.09. The van der Waals surface area contributed by atoms with E-state index in [1.807, 2.05) is 19.1 Å². The molecule has 4 N–H and O–H groups in total. The van der Waals surface area contributed by atoms with E-state index in [9.17, 15) is 4.79 Å². The molecular weight excluding hydrogens is 451 g/mol. The van der Waals surface area contributed by atoms with Crippen molar-refractivity contribution in [1.82, 2.24) is 10.6 Å². The van der Waals surface area contributed by atoms with E-state index in [2.05, 4.69) is 53.7 Å². The lowest BCUT2D eigenvalue weighted by Gasteiger charge is -2.16. The normalized spacial score (nSPS) is 12.0. The van der Waals surface area contributed by atoms with E-state index in [4.69, 9.17) is 5.73 Å². The van der Waals surface area contributed by atoms with Crippen LogP contribution in [-0.2, 0) is 6.54 Å². The van der Waals surface area contributed by atoms with Gasteiger partial charge in [0.25, 0.3) is 0 Å². The fourth-order valence-corrected chi connectivity index (χ4v) is 2.63. The maximum absolute atomic E-state index is 11.1. The summed E-state index contributed by atoms with van der Waals surface area (Å²) in [6.45, 7) is 8.49. The number of guanidine groups is 1. The molecule has 1 atom stereocenters. The number of hydrogen-bond donors (Lipinski definition) is 3. The minimum Gasteiger partial charge on any atom is -0.366 e. The predicted molar refractivity (Wildman–Crippen MR) is 123 cm³/mol. The molecule has 1 amide bonds. The molecule has 2 rings (SSSR count). The minimum atomic E-state index is -0.416. The predicted octanol–water partition coefficient (Wildman–Crippen LogP) is 3.57. The molecule has 0 aliphatic heterocycles. The van der Waals surface area contributed by atoms with Crippen LogP contribution in [0, 0.1) is 6.92 Å². The van der Waals surface area contributed by atoms with Crippen molar-refractivity contribution in [2.45, 2.75) is 33.2 Å². The third kappa shape index (κ3) is 7.58. The van der Waals surface area contributed by atoms with Gasteiger partial charge in [0.2, 0.25) is 5.91 Å². The van der Waals surface area contributed by atoms with Crippen molar-refractivity contribution in [2.75, 3.05) is 13.1 Å². The number of amides is 1. The lowest BCUT2D eigenvalue weighted by molar-refractivity contribution is 0.100. The summed E-state index contributed by atoms with van der Waals surface area (Å²) in [6, 6.07) is 15.8. The van der Waals surface area contributed by atoms with Crippen molar-refractivity contribution in [2.24, 2.45) is 10.7 Å². The molecular formula is C21H29IN4O. The first-order valence-corrected chi connectivity index (χ1v) is 8.97. The van der Waals surface area contributed by atoms with Crippen molar-refractivity contribution in [3.05, 3.63) is 70.8 Å². The molecule has 0 bridgehead atoms. The van der Waals surface area contributed by atoms with Crippen LogP contribution in [0.25, 0.3) is 0 Å². The quantitative estimate of drug-likeness (QED) is 0.322. The molecule has 0 spiro atoms. The standard InChI is InChI=1S/C21H28N4O.HI/c1-4-23-21(24-13-16(3)19-7-5-6-15(2)12-19)25-14-17-8-10-18(11-9-17)20(22)26;/h5-12,16H,4,13-14H2,1-3H3,(H2,22,26)(H2,23,24,25);1H. The minimum absolute atomic E-state index is 0. The molecule has 0 aliphatic rings. The highest BCUT2D eigenvalue weighted by Crippen LogP contribution is 2.15. The molecule has 0 heterocycles. The number of aryl methyl sites for hydroxylation is 1.